The van der Waals surface area contributed by atoms with Crippen LogP contribution in [0.5, 0.6) is 0 Å². The number of halogens is 2. The Morgan fingerprint density at radius 2 is 2.04 bits per heavy atom. The number of hydrogen-bond acceptors (Lipinski definition) is 3. The third kappa shape index (κ3) is 7.81. The highest BCUT2D eigenvalue weighted by atomic mass is 127. The Hall–Kier alpha value is -1.03. The lowest BCUT2D eigenvalue weighted by molar-refractivity contribution is -0.114. The van der Waals surface area contributed by atoms with Crippen molar-refractivity contribution in [1.82, 2.24) is 10.6 Å². The first kappa shape index (κ1) is 22.0. The van der Waals surface area contributed by atoms with E-state index < -0.39 is 0 Å². The van der Waals surface area contributed by atoms with Crippen LogP contribution in [0.1, 0.15) is 26.7 Å². The van der Waals surface area contributed by atoms with E-state index in [-0.39, 0.29) is 47.0 Å². The van der Waals surface area contributed by atoms with Crippen molar-refractivity contribution < 1.29 is 9.18 Å². The Labute approximate surface area is 170 Å². The SMILES string of the molecule is CCNC(=NCC(=O)Nc1ccc(F)cc1)NCC1(C)CCCS1.I. The van der Waals surface area contributed by atoms with Gasteiger partial charge in [0.2, 0.25) is 5.91 Å². The molecule has 8 heteroatoms. The Kier molecular flexibility index (Phi) is 9.55. The van der Waals surface area contributed by atoms with Crippen LogP contribution in [-0.2, 0) is 4.79 Å². The molecular formula is C17H26FIN4OS. The summed E-state index contributed by atoms with van der Waals surface area (Å²) in [5, 5.41) is 9.17. The Morgan fingerprint density at radius 3 is 2.64 bits per heavy atom. The first-order valence-electron chi connectivity index (χ1n) is 8.22. The Balaban J connectivity index is 0.00000312. The van der Waals surface area contributed by atoms with Gasteiger partial charge in [-0.15, -0.1) is 24.0 Å². The number of aliphatic imine (C=N–C) groups is 1. The molecule has 0 saturated carbocycles. The number of nitrogens with one attached hydrogen (secondary N) is 3. The molecule has 1 unspecified atom stereocenters. The van der Waals surface area contributed by atoms with Gasteiger partial charge in [0.25, 0.3) is 0 Å². The van der Waals surface area contributed by atoms with Gasteiger partial charge in [-0.1, -0.05) is 0 Å². The average Bonchev–Trinajstić information content (AvgIpc) is 2.99. The minimum absolute atomic E-state index is 0. The molecule has 1 aromatic carbocycles. The summed E-state index contributed by atoms with van der Waals surface area (Å²) in [6.07, 6.45) is 2.44. The number of nitrogens with zero attached hydrogens (tertiary/aromatic N) is 1. The van der Waals surface area contributed by atoms with Crippen molar-refractivity contribution in [2.24, 2.45) is 4.99 Å². The van der Waals surface area contributed by atoms with Gasteiger partial charge in [-0.05, 0) is 56.7 Å². The zero-order valence-corrected chi connectivity index (χ0v) is 17.7. The van der Waals surface area contributed by atoms with Gasteiger partial charge < -0.3 is 16.0 Å². The second-order valence-electron chi connectivity index (χ2n) is 6.01. The van der Waals surface area contributed by atoms with Crippen LogP contribution in [0.3, 0.4) is 0 Å². The molecule has 5 nitrogen and oxygen atoms in total. The average molecular weight is 480 g/mol. The Bertz CT molecular complexity index is 577. The molecular weight excluding hydrogens is 454 g/mol. The van der Waals surface area contributed by atoms with E-state index in [1.54, 1.807) is 0 Å². The van der Waals surface area contributed by atoms with Crippen molar-refractivity contribution in [2.45, 2.75) is 31.4 Å². The zero-order chi connectivity index (χ0) is 17.4. The second-order valence-corrected chi connectivity index (χ2v) is 7.69. The van der Waals surface area contributed by atoms with Crippen LogP contribution < -0.4 is 16.0 Å². The maximum Gasteiger partial charge on any atom is 0.246 e. The van der Waals surface area contributed by atoms with E-state index in [2.05, 4.69) is 27.9 Å². The number of thioether (sulfide) groups is 1. The van der Waals surface area contributed by atoms with Crippen molar-refractivity contribution in [2.75, 3.05) is 30.7 Å². The highest BCUT2D eigenvalue weighted by Gasteiger charge is 2.29. The Morgan fingerprint density at radius 1 is 1.32 bits per heavy atom. The van der Waals surface area contributed by atoms with Gasteiger partial charge in [-0.25, -0.2) is 9.38 Å². The number of anilines is 1. The molecule has 1 atom stereocenters. The number of rotatable bonds is 6. The molecule has 0 bridgehead atoms. The molecule has 0 aliphatic carbocycles. The quantitative estimate of drug-likeness (QED) is 0.333. The van der Waals surface area contributed by atoms with Crippen LogP contribution >= 0.6 is 35.7 Å². The van der Waals surface area contributed by atoms with E-state index in [0.717, 1.165) is 13.1 Å². The molecule has 1 aromatic rings. The summed E-state index contributed by atoms with van der Waals surface area (Å²) in [4.78, 5) is 16.3. The van der Waals surface area contributed by atoms with Crippen molar-refractivity contribution >= 4 is 53.3 Å². The molecule has 0 spiro atoms. The van der Waals surface area contributed by atoms with Crippen LogP contribution in [0, 0.1) is 5.82 Å². The van der Waals surface area contributed by atoms with Crippen molar-refractivity contribution in [3.05, 3.63) is 30.1 Å². The third-order valence-electron chi connectivity index (χ3n) is 3.78. The molecule has 1 aliphatic rings. The van der Waals surface area contributed by atoms with Crippen molar-refractivity contribution in [1.29, 1.82) is 0 Å². The molecule has 140 valence electrons. The summed E-state index contributed by atoms with van der Waals surface area (Å²) in [7, 11) is 0. The highest BCUT2D eigenvalue weighted by molar-refractivity contribution is 14.0. The van der Waals surface area contributed by atoms with E-state index in [1.807, 2.05) is 18.7 Å². The summed E-state index contributed by atoms with van der Waals surface area (Å²) < 4.78 is 13.1. The lowest BCUT2D eigenvalue weighted by Crippen LogP contribution is -2.44. The molecule has 1 amide bonds. The summed E-state index contributed by atoms with van der Waals surface area (Å²) in [6.45, 7) is 5.80. The highest BCUT2D eigenvalue weighted by Crippen LogP contribution is 2.36. The minimum atomic E-state index is -0.331. The lowest BCUT2D eigenvalue weighted by Gasteiger charge is -2.24. The van der Waals surface area contributed by atoms with Crippen LogP contribution in [0.25, 0.3) is 0 Å². The van der Waals surface area contributed by atoms with Crippen LogP contribution in [0.15, 0.2) is 29.3 Å². The maximum atomic E-state index is 12.9. The number of carbonyl (C=O) groups excluding carboxylic acids is 1. The summed E-state index contributed by atoms with van der Waals surface area (Å²) in [6, 6.07) is 5.67. The molecule has 3 N–H and O–H groups in total. The zero-order valence-electron chi connectivity index (χ0n) is 14.6. The molecule has 2 rings (SSSR count). The van der Waals surface area contributed by atoms with E-state index in [9.17, 15) is 9.18 Å². The first-order valence-corrected chi connectivity index (χ1v) is 9.21. The minimum Gasteiger partial charge on any atom is -0.357 e. The monoisotopic (exact) mass is 480 g/mol. The van der Waals surface area contributed by atoms with E-state index in [4.69, 9.17) is 0 Å². The molecule has 1 heterocycles. The smallest absolute Gasteiger partial charge is 0.246 e. The summed E-state index contributed by atoms with van der Waals surface area (Å²) in [5.41, 5.74) is 0.560. The van der Waals surface area contributed by atoms with Gasteiger partial charge in [0, 0.05) is 23.5 Å². The normalized spacial score (nSPS) is 19.9. The first-order chi connectivity index (χ1) is 11.5. The lowest BCUT2D eigenvalue weighted by atomic mass is 10.1. The fraction of sp³-hybridized carbons (Fsp3) is 0.529. The molecule has 1 fully saturated rings. The largest absolute Gasteiger partial charge is 0.357 e. The molecule has 0 radical (unpaired) electrons. The fourth-order valence-corrected chi connectivity index (χ4v) is 3.72. The predicted molar refractivity (Wildman–Crippen MR) is 115 cm³/mol. The van der Waals surface area contributed by atoms with Gasteiger partial charge >= 0.3 is 0 Å². The van der Waals surface area contributed by atoms with E-state index in [0.29, 0.717) is 11.6 Å². The van der Waals surface area contributed by atoms with Gasteiger partial charge in [0.05, 0.1) is 0 Å². The van der Waals surface area contributed by atoms with Gasteiger partial charge in [-0.3, -0.25) is 4.79 Å². The predicted octanol–water partition coefficient (Wildman–Crippen LogP) is 3.22. The van der Waals surface area contributed by atoms with Crippen molar-refractivity contribution in [3.8, 4) is 0 Å². The standard InChI is InChI=1S/C17H25FN4OS.HI/c1-3-19-16(21-12-17(2)9-4-10-24-17)20-11-15(23)22-14-7-5-13(18)6-8-14;/h5-8H,3-4,9-12H2,1-2H3,(H,22,23)(H2,19,20,21);1H. The molecule has 0 aromatic heterocycles. The summed E-state index contributed by atoms with van der Waals surface area (Å²) in [5.74, 6) is 1.27. The number of carbonyl (C=O) groups is 1. The van der Waals surface area contributed by atoms with Crippen LogP contribution in [0.4, 0.5) is 10.1 Å². The van der Waals surface area contributed by atoms with Gasteiger partial charge in [0.15, 0.2) is 5.96 Å². The fourth-order valence-electron chi connectivity index (χ4n) is 2.47. The van der Waals surface area contributed by atoms with Crippen LogP contribution in [0.2, 0.25) is 0 Å². The molecule has 25 heavy (non-hydrogen) atoms. The molecule has 1 saturated heterocycles. The van der Waals surface area contributed by atoms with Gasteiger partial charge in [-0.2, -0.15) is 11.8 Å². The number of amides is 1. The maximum absolute atomic E-state index is 12.9. The second kappa shape index (κ2) is 10.8. The van der Waals surface area contributed by atoms with E-state index in [1.165, 1.54) is 42.9 Å². The number of hydrogen-bond donors (Lipinski definition) is 3. The van der Waals surface area contributed by atoms with Gasteiger partial charge in [0.1, 0.15) is 12.4 Å². The number of benzene rings is 1. The van der Waals surface area contributed by atoms with E-state index >= 15 is 0 Å². The number of guanidine groups is 1. The molecule has 1 aliphatic heterocycles. The van der Waals surface area contributed by atoms with Crippen LogP contribution in [-0.4, -0.2) is 42.0 Å². The van der Waals surface area contributed by atoms with Crippen molar-refractivity contribution in [3.63, 3.8) is 0 Å². The topological polar surface area (TPSA) is 65.5 Å². The third-order valence-corrected chi connectivity index (χ3v) is 5.32. The summed E-state index contributed by atoms with van der Waals surface area (Å²) >= 11 is 1.98.